The van der Waals surface area contributed by atoms with Gasteiger partial charge in [-0.1, -0.05) is 47.5 Å². The summed E-state index contributed by atoms with van der Waals surface area (Å²) in [5, 5.41) is 13.0. The van der Waals surface area contributed by atoms with Crippen molar-refractivity contribution in [3.63, 3.8) is 0 Å². The van der Waals surface area contributed by atoms with E-state index in [1.165, 1.54) is 12.1 Å². The van der Waals surface area contributed by atoms with Crippen molar-refractivity contribution in [3.8, 4) is 5.75 Å². The smallest absolute Gasteiger partial charge is 0.333 e. The molecule has 0 aliphatic heterocycles. The molecule has 0 heterocycles. The number of hydrogen-bond donors (Lipinski definition) is 2. The highest BCUT2D eigenvalue weighted by Gasteiger charge is 2.18. The van der Waals surface area contributed by atoms with Gasteiger partial charge in [-0.3, -0.25) is 0 Å². The van der Waals surface area contributed by atoms with Gasteiger partial charge in [-0.15, -0.1) is 0 Å². The fourth-order valence-corrected chi connectivity index (χ4v) is 4.50. The number of aryl methyl sites for hydroxylation is 1. The van der Waals surface area contributed by atoms with Gasteiger partial charge in [0.25, 0.3) is 0 Å². The van der Waals surface area contributed by atoms with Crippen LogP contribution >= 0.6 is 23.2 Å². The third-order valence-corrected chi connectivity index (χ3v) is 6.27. The summed E-state index contributed by atoms with van der Waals surface area (Å²) in [7, 11) is 0. The number of benzene rings is 3. The largest absolute Gasteiger partial charge is 0.492 e. The quantitative estimate of drug-likeness (QED) is 0.222. The Bertz CT molecular complexity index is 1220. The van der Waals surface area contributed by atoms with E-state index in [2.05, 4.69) is 5.32 Å². The summed E-state index contributed by atoms with van der Waals surface area (Å²) < 4.78 is 25.2. The maximum absolute atomic E-state index is 14.1. The number of nitrogens with zero attached hydrogens (tertiary/aromatic N) is 1. The summed E-state index contributed by atoms with van der Waals surface area (Å²) in [4.78, 5) is 25.9. The molecule has 3 aromatic carbocycles. The summed E-state index contributed by atoms with van der Waals surface area (Å²) in [5.74, 6) is -0.959. The Labute approximate surface area is 237 Å². The Kier molecular flexibility index (Phi) is 11.9. The maximum atomic E-state index is 14.1. The number of anilines is 1. The topological polar surface area (TPSA) is 88.1 Å². The van der Waals surface area contributed by atoms with E-state index in [9.17, 15) is 19.1 Å². The molecule has 0 aliphatic rings. The molecule has 0 bridgehead atoms. The number of nitrogens with one attached hydrogen (secondary N) is 1. The molecule has 2 amide bonds. The predicted octanol–water partition coefficient (Wildman–Crippen LogP) is 6.71. The summed E-state index contributed by atoms with van der Waals surface area (Å²) in [6.45, 7) is 2.90. The molecule has 0 aliphatic carbocycles. The number of ether oxygens (including phenoxy) is 2. The number of amides is 2. The Morgan fingerprint density at radius 2 is 1.69 bits per heavy atom. The highest BCUT2D eigenvalue weighted by molar-refractivity contribution is 6.34. The van der Waals surface area contributed by atoms with Crippen molar-refractivity contribution in [2.24, 2.45) is 0 Å². The number of hydrogen-bond acceptors (Lipinski definition) is 4. The van der Waals surface area contributed by atoms with Crippen LogP contribution in [0.5, 0.6) is 5.75 Å². The lowest BCUT2D eigenvalue weighted by molar-refractivity contribution is -0.149. The third-order valence-electron chi connectivity index (χ3n) is 5.84. The Morgan fingerprint density at radius 3 is 2.33 bits per heavy atom. The Balaban J connectivity index is 1.59. The van der Waals surface area contributed by atoms with Crippen LogP contribution in [0.25, 0.3) is 0 Å². The Hall–Kier alpha value is -3.33. The number of urea groups is 1. The van der Waals surface area contributed by atoms with Crippen molar-refractivity contribution < 1.29 is 28.6 Å². The summed E-state index contributed by atoms with van der Waals surface area (Å²) in [6, 6.07) is 17.9. The second kappa shape index (κ2) is 15.3. The number of rotatable bonds is 14. The predicted molar refractivity (Wildman–Crippen MR) is 150 cm³/mol. The summed E-state index contributed by atoms with van der Waals surface area (Å²) in [5.41, 5.74) is 1.85. The molecule has 0 spiro atoms. The fraction of sp³-hybridized carbons (Fsp3) is 0.310. The van der Waals surface area contributed by atoms with E-state index in [1.54, 1.807) is 54.3 Å². The Morgan fingerprint density at radius 1 is 1.00 bits per heavy atom. The molecule has 2 N–H and O–H groups in total. The van der Waals surface area contributed by atoms with E-state index in [1.807, 2.05) is 12.1 Å². The molecule has 3 aromatic rings. The van der Waals surface area contributed by atoms with Crippen molar-refractivity contribution in [3.05, 3.63) is 93.7 Å². The number of halogens is 3. The van der Waals surface area contributed by atoms with Gasteiger partial charge >= 0.3 is 12.0 Å². The van der Waals surface area contributed by atoms with Crippen molar-refractivity contribution >= 4 is 40.9 Å². The van der Waals surface area contributed by atoms with Gasteiger partial charge in [0, 0.05) is 29.6 Å². The first-order valence-electron chi connectivity index (χ1n) is 12.6. The van der Waals surface area contributed by atoms with Crippen LogP contribution in [0, 0.1) is 5.82 Å². The number of aliphatic carboxylic acids is 1. The second-order valence-electron chi connectivity index (χ2n) is 8.76. The average molecular weight is 577 g/mol. The number of carbonyl (C=O) groups excluding carboxylic acids is 1. The highest BCUT2D eigenvalue weighted by Crippen LogP contribution is 2.21. The molecule has 1 unspecified atom stereocenters. The first-order chi connectivity index (χ1) is 18.7. The lowest BCUT2D eigenvalue weighted by Crippen LogP contribution is -2.39. The molecule has 39 heavy (non-hydrogen) atoms. The van der Waals surface area contributed by atoms with Crippen LogP contribution in [0.4, 0.5) is 14.9 Å². The SMILES string of the molecule is CCOC(Cc1ccc(OCCN(CCCc2cc(Cl)cc(Cl)c2)C(=O)Nc2ccccc2F)cc1)C(=O)O. The molecular formula is C29H31Cl2FN2O5. The molecule has 0 saturated heterocycles. The molecule has 7 nitrogen and oxygen atoms in total. The molecule has 1 atom stereocenters. The zero-order valence-electron chi connectivity index (χ0n) is 21.5. The molecule has 0 saturated carbocycles. The van der Waals surface area contributed by atoms with Crippen molar-refractivity contribution in [1.29, 1.82) is 0 Å². The molecule has 0 aromatic heterocycles. The van der Waals surface area contributed by atoms with Gasteiger partial charge in [0.05, 0.1) is 12.2 Å². The second-order valence-corrected chi connectivity index (χ2v) is 9.63. The van der Waals surface area contributed by atoms with E-state index in [0.29, 0.717) is 41.8 Å². The van der Waals surface area contributed by atoms with Gasteiger partial charge in [0.1, 0.15) is 18.2 Å². The zero-order valence-corrected chi connectivity index (χ0v) is 23.1. The van der Waals surface area contributed by atoms with Gasteiger partial charge in [0.2, 0.25) is 0 Å². The van der Waals surface area contributed by atoms with Crippen molar-refractivity contribution in [2.45, 2.75) is 32.3 Å². The van der Waals surface area contributed by atoms with Crippen LogP contribution in [0.2, 0.25) is 10.0 Å². The number of carboxylic acids is 1. The zero-order chi connectivity index (χ0) is 28.2. The van der Waals surface area contributed by atoms with E-state index in [4.69, 9.17) is 32.7 Å². The van der Waals surface area contributed by atoms with Crippen LogP contribution in [-0.2, 0) is 22.4 Å². The fourth-order valence-electron chi connectivity index (χ4n) is 3.93. The molecule has 208 valence electrons. The van der Waals surface area contributed by atoms with Crippen LogP contribution in [0.15, 0.2) is 66.7 Å². The van der Waals surface area contributed by atoms with Gasteiger partial charge in [0.15, 0.2) is 6.10 Å². The van der Waals surface area contributed by atoms with Gasteiger partial charge in [-0.25, -0.2) is 14.0 Å². The number of carbonyl (C=O) groups is 2. The maximum Gasteiger partial charge on any atom is 0.333 e. The van der Waals surface area contributed by atoms with Crippen LogP contribution in [0.3, 0.4) is 0 Å². The van der Waals surface area contributed by atoms with E-state index in [0.717, 1.165) is 11.1 Å². The number of carboxylic acid groups (broad SMARTS) is 1. The summed E-state index contributed by atoms with van der Waals surface area (Å²) >= 11 is 12.2. The third kappa shape index (κ3) is 10.1. The molecule has 0 fully saturated rings. The minimum atomic E-state index is -1.01. The monoisotopic (exact) mass is 576 g/mol. The van der Waals surface area contributed by atoms with Crippen LogP contribution in [0.1, 0.15) is 24.5 Å². The van der Waals surface area contributed by atoms with Gasteiger partial charge in [-0.2, -0.15) is 0 Å². The normalized spacial score (nSPS) is 11.6. The standard InChI is InChI=1S/C29H31Cl2FN2O5/c1-2-38-27(28(35)36)18-20-9-11-24(12-10-20)39-15-14-34(29(37)33-26-8-4-3-7-25(26)32)13-5-6-21-16-22(30)19-23(31)17-21/h3-4,7-12,16-17,19,27H,2,5-6,13-15,18H2,1H3,(H,33,37)(H,35,36). The molecule has 3 rings (SSSR count). The van der Waals surface area contributed by atoms with E-state index >= 15 is 0 Å². The van der Waals surface area contributed by atoms with Crippen LogP contribution in [-0.4, -0.2) is 54.4 Å². The van der Waals surface area contributed by atoms with Gasteiger partial charge in [-0.05, 0) is 73.4 Å². The van der Waals surface area contributed by atoms with E-state index in [-0.39, 0.29) is 25.3 Å². The van der Waals surface area contributed by atoms with Crippen molar-refractivity contribution in [1.82, 2.24) is 4.90 Å². The molecule has 10 heteroatoms. The lowest BCUT2D eigenvalue weighted by Gasteiger charge is -2.23. The first kappa shape index (κ1) is 30.2. The molecular weight excluding hydrogens is 546 g/mol. The average Bonchev–Trinajstić information content (AvgIpc) is 2.89. The van der Waals surface area contributed by atoms with Crippen LogP contribution < -0.4 is 10.1 Å². The minimum absolute atomic E-state index is 0.0948. The lowest BCUT2D eigenvalue weighted by atomic mass is 10.1. The highest BCUT2D eigenvalue weighted by atomic mass is 35.5. The number of para-hydroxylation sites is 1. The first-order valence-corrected chi connectivity index (χ1v) is 13.3. The summed E-state index contributed by atoms with van der Waals surface area (Å²) in [6.07, 6.45) is 0.600. The molecule has 0 radical (unpaired) electrons. The van der Waals surface area contributed by atoms with Gasteiger partial charge < -0.3 is 24.8 Å². The van der Waals surface area contributed by atoms with Crippen molar-refractivity contribution in [2.75, 3.05) is 31.6 Å². The van der Waals surface area contributed by atoms with E-state index < -0.39 is 23.9 Å². The minimum Gasteiger partial charge on any atom is -0.492 e.